The molecule has 1 heterocycles. The van der Waals surface area contributed by atoms with Crippen molar-refractivity contribution in [1.29, 1.82) is 0 Å². The lowest BCUT2D eigenvalue weighted by Crippen LogP contribution is -2.56. The van der Waals surface area contributed by atoms with Crippen LogP contribution in [0.5, 0.6) is 0 Å². The van der Waals surface area contributed by atoms with E-state index in [-0.39, 0.29) is 0 Å². The fraction of sp³-hybridized carbons (Fsp3) is 1.00. The first-order chi connectivity index (χ1) is 10.4. The maximum absolute atomic E-state index is 13.0. The number of hydrogen-bond donors (Lipinski definition) is 3. The zero-order valence-electron chi connectivity index (χ0n) is 14.8. The van der Waals surface area contributed by atoms with Gasteiger partial charge in [-0.25, -0.2) is 4.39 Å². The number of piperidine rings is 1. The molecular formula is C17H35FN4. The highest BCUT2D eigenvalue weighted by Gasteiger charge is 2.40. The quantitative estimate of drug-likeness (QED) is 0.451. The highest BCUT2D eigenvalue weighted by molar-refractivity contribution is 4.91. The van der Waals surface area contributed by atoms with Crippen LogP contribution in [0.2, 0.25) is 0 Å². The molecule has 22 heavy (non-hydrogen) atoms. The first-order valence-electron chi connectivity index (χ1n) is 8.95. The molecule has 0 amide bonds. The summed E-state index contributed by atoms with van der Waals surface area (Å²) in [7, 11) is 0. The summed E-state index contributed by atoms with van der Waals surface area (Å²) in [6.07, 6.45) is 4.33. The van der Waals surface area contributed by atoms with Crippen molar-refractivity contribution in [1.82, 2.24) is 20.9 Å². The molecule has 1 aliphatic heterocycles. The molecule has 2 unspecified atom stereocenters. The highest BCUT2D eigenvalue weighted by atomic mass is 19.1. The molecule has 5 heteroatoms. The van der Waals surface area contributed by atoms with E-state index in [4.69, 9.17) is 0 Å². The van der Waals surface area contributed by atoms with E-state index in [1.54, 1.807) is 6.92 Å². The Balaban J connectivity index is 1.49. The molecule has 2 rings (SSSR count). The molecule has 2 fully saturated rings. The van der Waals surface area contributed by atoms with Crippen LogP contribution in [-0.2, 0) is 0 Å². The number of hydrogen-bond acceptors (Lipinski definition) is 4. The number of nitrogens with zero attached hydrogens (tertiary/aromatic N) is 1. The predicted molar refractivity (Wildman–Crippen MR) is 90.3 cm³/mol. The van der Waals surface area contributed by atoms with E-state index >= 15 is 0 Å². The van der Waals surface area contributed by atoms with Crippen LogP contribution in [0.3, 0.4) is 0 Å². The van der Waals surface area contributed by atoms with Crippen LogP contribution in [-0.4, -0.2) is 49.2 Å². The van der Waals surface area contributed by atoms with Crippen LogP contribution in [0.1, 0.15) is 53.4 Å². The Morgan fingerprint density at radius 1 is 1.23 bits per heavy atom. The average Bonchev–Trinajstić information content (AvgIpc) is 3.19. The molecule has 4 nitrogen and oxygen atoms in total. The molecule has 0 spiro atoms. The third kappa shape index (κ3) is 5.15. The largest absolute Gasteiger partial charge is 0.304 e. The zero-order valence-corrected chi connectivity index (χ0v) is 14.8. The van der Waals surface area contributed by atoms with E-state index in [0.717, 1.165) is 33.0 Å². The van der Waals surface area contributed by atoms with E-state index in [0.29, 0.717) is 23.4 Å². The van der Waals surface area contributed by atoms with Crippen LogP contribution in [0.15, 0.2) is 0 Å². The third-order valence-electron chi connectivity index (χ3n) is 5.48. The minimum atomic E-state index is -0.642. The average molecular weight is 314 g/mol. The van der Waals surface area contributed by atoms with Gasteiger partial charge in [0, 0.05) is 31.6 Å². The minimum Gasteiger partial charge on any atom is -0.304 e. The maximum atomic E-state index is 13.0. The van der Waals surface area contributed by atoms with Crippen LogP contribution in [0, 0.1) is 11.8 Å². The van der Waals surface area contributed by atoms with Gasteiger partial charge in [0.1, 0.15) is 6.17 Å². The molecule has 0 aromatic rings. The van der Waals surface area contributed by atoms with Gasteiger partial charge in [-0.15, -0.1) is 0 Å². The zero-order chi connectivity index (χ0) is 16.2. The van der Waals surface area contributed by atoms with Gasteiger partial charge in [0.2, 0.25) is 0 Å². The number of alkyl halides is 1. The van der Waals surface area contributed by atoms with E-state index in [2.05, 4.69) is 41.6 Å². The summed E-state index contributed by atoms with van der Waals surface area (Å²) in [4.78, 5) is 2.57. The number of nitrogens with one attached hydrogen (secondary N) is 3. The van der Waals surface area contributed by atoms with Gasteiger partial charge in [-0.2, -0.15) is 0 Å². The Kier molecular flexibility index (Phi) is 6.62. The van der Waals surface area contributed by atoms with Crippen molar-refractivity contribution in [2.75, 3.05) is 26.6 Å². The molecule has 4 atom stereocenters. The van der Waals surface area contributed by atoms with Crippen LogP contribution in [0.25, 0.3) is 0 Å². The Morgan fingerprint density at radius 3 is 2.59 bits per heavy atom. The van der Waals surface area contributed by atoms with E-state index in [1.165, 1.54) is 19.3 Å². The Bertz CT molecular complexity index is 335. The summed E-state index contributed by atoms with van der Waals surface area (Å²) in [6.45, 7) is 12.2. The molecule has 1 aliphatic carbocycles. The Labute approximate surface area is 135 Å². The monoisotopic (exact) mass is 314 g/mol. The van der Waals surface area contributed by atoms with Crippen molar-refractivity contribution in [3.05, 3.63) is 0 Å². The van der Waals surface area contributed by atoms with Gasteiger partial charge in [0.15, 0.2) is 0 Å². The Morgan fingerprint density at radius 2 is 1.95 bits per heavy atom. The second-order valence-electron chi connectivity index (χ2n) is 7.83. The van der Waals surface area contributed by atoms with E-state index in [1.807, 2.05) is 0 Å². The first-order valence-corrected chi connectivity index (χ1v) is 8.95. The molecule has 1 saturated heterocycles. The first kappa shape index (κ1) is 18.1. The van der Waals surface area contributed by atoms with Gasteiger partial charge < -0.3 is 5.32 Å². The van der Waals surface area contributed by atoms with Gasteiger partial charge in [0.05, 0.1) is 0 Å². The third-order valence-corrected chi connectivity index (χ3v) is 5.48. The van der Waals surface area contributed by atoms with Crippen molar-refractivity contribution in [3.63, 3.8) is 0 Å². The van der Waals surface area contributed by atoms with Gasteiger partial charge in [-0.3, -0.25) is 15.5 Å². The summed E-state index contributed by atoms with van der Waals surface area (Å²) in [5.41, 5.74) is 0.299. The summed E-state index contributed by atoms with van der Waals surface area (Å²) >= 11 is 0. The van der Waals surface area contributed by atoms with E-state index in [9.17, 15) is 4.39 Å². The second-order valence-corrected chi connectivity index (χ2v) is 7.83. The number of halogens is 1. The summed E-state index contributed by atoms with van der Waals surface area (Å²) < 4.78 is 13.0. The summed E-state index contributed by atoms with van der Waals surface area (Å²) in [5.74, 6) is 0.846. The van der Waals surface area contributed by atoms with Gasteiger partial charge in [-0.1, -0.05) is 6.42 Å². The van der Waals surface area contributed by atoms with Gasteiger partial charge in [0.25, 0.3) is 0 Å². The summed E-state index contributed by atoms with van der Waals surface area (Å²) in [5, 5.41) is 10.2. The van der Waals surface area contributed by atoms with Gasteiger partial charge in [-0.05, 0) is 65.3 Å². The van der Waals surface area contributed by atoms with Crippen molar-refractivity contribution in [2.24, 2.45) is 11.8 Å². The van der Waals surface area contributed by atoms with Crippen LogP contribution in [0.4, 0.5) is 4.39 Å². The van der Waals surface area contributed by atoms with Crippen LogP contribution >= 0.6 is 0 Å². The molecule has 0 bridgehead atoms. The molecule has 2 aliphatic rings. The molecule has 0 aromatic heterocycles. The summed E-state index contributed by atoms with van der Waals surface area (Å²) in [6, 6.07) is 0.656. The van der Waals surface area contributed by atoms with Crippen molar-refractivity contribution >= 4 is 0 Å². The van der Waals surface area contributed by atoms with Gasteiger partial charge >= 0.3 is 0 Å². The lowest BCUT2D eigenvalue weighted by molar-refractivity contribution is 0.0238. The molecule has 130 valence electrons. The topological polar surface area (TPSA) is 39.3 Å². The maximum Gasteiger partial charge on any atom is 0.100 e. The van der Waals surface area contributed by atoms with Crippen molar-refractivity contribution in [3.8, 4) is 0 Å². The van der Waals surface area contributed by atoms with Crippen molar-refractivity contribution in [2.45, 2.75) is 71.1 Å². The molecule has 0 radical (unpaired) electrons. The predicted octanol–water partition coefficient (Wildman–Crippen LogP) is 2.27. The number of likely N-dealkylation sites (tertiary alicyclic amines) is 1. The highest BCUT2D eigenvalue weighted by Crippen LogP contribution is 2.41. The molecule has 0 aromatic carbocycles. The molecule has 1 saturated carbocycles. The smallest absolute Gasteiger partial charge is 0.100 e. The minimum absolute atomic E-state index is 0.299. The normalized spacial score (nSPS) is 32.9. The Hall–Kier alpha value is -0.230. The molecule has 3 N–H and O–H groups in total. The lowest BCUT2D eigenvalue weighted by atomic mass is 9.87. The SMILES string of the molecule is CC1CCCC(C)(C)N1CNCNCNCC1C[C@@H]1[C@@H](C)F. The number of rotatable bonds is 9. The molecular weight excluding hydrogens is 279 g/mol. The fourth-order valence-corrected chi connectivity index (χ4v) is 3.84. The van der Waals surface area contributed by atoms with Crippen LogP contribution < -0.4 is 16.0 Å². The van der Waals surface area contributed by atoms with E-state index < -0.39 is 6.17 Å². The fourth-order valence-electron chi connectivity index (χ4n) is 3.84. The second kappa shape index (κ2) is 8.04. The lowest BCUT2D eigenvalue weighted by Gasteiger charge is -2.46. The standard InChI is InChI=1S/C17H35FN4/c1-13-6-5-7-17(3,4)22(13)12-21-11-20-10-19-9-15-8-16(15)14(2)18/h13-16,19-21H,5-12H2,1-4H3/t13?,14-,15?,16-/m1/s1. The van der Waals surface area contributed by atoms with Crippen molar-refractivity contribution < 1.29 is 4.39 Å².